The topological polar surface area (TPSA) is 61.8 Å². The molecule has 104 valence electrons. The van der Waals surface area contributed by atoms with E-state index in [4.69, 9.17) is 14.2 Å². The molecule has 1 unspecified atom stereocenters. The van der Waals surface area contributed by atoms with Crippen LogP contribution in [0.4, 0.5) is 0 Å². The van der Waals surface area contributed by atoms with Crippen LogP contribution in [0.3, 0.4) is 0 Å². The highest BCUT2D eigenvalue weighted by atomic mass is 16.5. The first-order valence-electron chi connectivity index (χ1n) is 5.97. The first-order chi connectivity index (χ1) is 8.49. The molecule has 5 heteroatoms. The Balaban J connectivity index is 3.48. The molecule has 0 aliphatic heterocycles. The minimum atomic E-state index is -0.388. The number of hydrogen-bond acceptors (Lipinski definition) is 5. The van der Waals surface area contributed by atoms with Gasteiger partial charge in [-0.1, -0.05) is 6.58 Å². The van der Waals surface area contributed by atoms with Crippen LogP contribution >= 0.6 is 0 Å². The first-order valence-corrected chi connectivity index (χ1v) is 5.97. The van der Waals surface area contributed by atoms with E-state index in [2.05, 4.69) is 6.58 Å². The molecule has 0 aliphatic carbocycles. The third kappa shape index (κ3) is 7.84. The summed E-state index contributed by atoms with van der Waals surface area (Å²) in [7, 11) is 1.54. The van der Waals surface area contributed by atoms with Crippen LogP contribution in [0.1, 0.15) is 26.7 Å². The maximum atomic E-state index is 11.4. The van der Waals surface area contributed by atoms with Crippen molar-refractivity contribution < 1.29 is 23.8 Å². The fraction of sp³-hybridized carbons (Fsp3) is 0.692. The minimum Gasteiger partial charge on any atom is -0.465 e. The number of rotatable bonds is 9. The lowest BCUT2D eigenvalue weighted by Gasteiger charge is -2.10. The van der Waals surface area contributed by atoms with Gasteiger partial charge in [-0.25, -0.2) is 4.79 Å². The van der Waals surface area contributed by atoms with Crippen LogP contribution in [0.25, 0.3) is 0 Å². The molecule has 0 aliphatic rings. The lowest BCUT2D eigenvalue weighted by molar-refractivity contribution is -0.150. The van der Waals surface area contributed by atoms with E-state index in [9.17, 15) is 9.59 Å². The molecule has 0 aromatic heterocycles. The van der Waals surface area contributed by atoms with E-state index in [-0.39, 0.29) is 17.9 Å². The van der Waals surface area contributed by atoms with E-state index in [0.717, 1.165) is 0 Å². The zero-order valence-corrected chi connectivity index (χ0v) is 11.4. The second-order valence-corrected chi connectivity index (χ2v) is 4.15. The van der Waals surface area contributed by atoms with Crippen LogP contribution in [0.2, 0.25) is 0 Å². The molecular weight excluding hydrogens is 236 g/mol. The maximum Gasteiger partial charge on any atom is 0.333 e. The van der Waals surface area contributed by atoms with Crippen molar-refractivity contribution in [3.8, 4) is 0 Å². The SMILES string of the molecule is C=C(C)C(=O)OCCCCOC(=O)C(C)COC. The Kier molecular flexibility index (Phi) is 8.92. The number of unbranched alkanes of at least 4 members (excludes halogenated alkanes) is 1. The molecule has 0 aromatic carbocycles. The van der Waals surface area contributed by atoms with Gasteiger partial charge in [0.15, 0.2) is 0 Å². The minimum absolute atomic E-state index is 0.253. The van der Waals surface area contributed by atoms with Gasteiger partial charge >= 0.3 is 11.9 Å². The van der Waals surface area contributed by atoms with Crippen molar-refractivity contribution in [3.05, 3.63) is 12.2 Å². The lowest BCUT2D eigenvalue weighted by atomic mass is 10.2. The van der Waals surface area contributed by atoms with E-state index in [1.807, 2.05) is 0 Å². The Labute approximate surface area is 108 Å². The predicted octanol–water partition coefficient (Wildman–Crippen LogP) is 1.71. The molecule has 0 bridgehead atoms. The van der Waals surface area contributed by atoms with Crippen LogP contribution in [0, 0.1) is 5.92 Å². The molecule has 0 spiro atoms. The lowest BCUT2D eigenvalue weighted by Crippen LogP contribution is -2.19. The molecule has 1 atom stereocenters. The monoisotopic (exact) mass is 258 g/mol. The average molecular weight is 258 g/mol. The molecule has 0 amide bonds. The normalized spacial score (nSPS) is 11.7. The van der Waals surface area contributed by atoms with Gasteiger partial charge in [0.1, 0.15) is 0 Å². The second kappa shape index (κ2) is 9.65. The van der Waals surface area contributed by atoms with E-state index in [0.29, 0.717) is 38.2 Å². The number of hydrogen-bond donors (Lipinski definition) is 0. The number of methoxy groups -OCH3 is 1. The van der Waals surface area contributed by atoms with Gasteiger partial charge in [-0.2, -0.15) is 0 Å². The summed E-state index contributed by atoms with van der Waals surface area (Å²) in [6.45, 7) is 7.83. The summed E-state index contributed by atoms with van der Waals surface area (Å²) in [5.74, 6) is -0.910. The highest BCUT2D eigenvalue weighted by molar-refractivity contribution is 5.86. The van der Waals surface area contributed by atoms with Crippen LogP contribution in [-0.2, 0) is 23.8 Å². The van der Waals surface area contributed by atoms with Crippen LogP contribution < -0.4 is 0 Å². The summed E-state index contributed by atoms with van der Waals surface area (Å²) in [4.78, 5) is 22.4. The molecule has 0 rings (SSSR count). The van der Waals surface area contributed by atoms with E-state index in [1.165, 1.54) is 0 Å². The Morgan fingerprint density at radius 3 is 2.22 bits per heavy atom. The van der Waals surface area contributed by atoms with E-state index < -0.39 is 0 Å². The van der Waals surface area contributed by atoms with Gasteiger partial charge in [0.25, 0.3) is 0 Å². The summed E-state index contributed by atoms with van der Waals surface area (Å²) >= 11 is 0. The van der Waals surface area contributed by atoms with E-state index in [1.54, 1.807) is 21.0 Å². The van der Waals surface area contributed by atoms with Crippen molar-refractivity contribution in [2.75, 3.05) is 26.9 Å². The van der Waals surface area contributed by atoms with Crippen molar-refractivity contribution >= 4 is 11.9 Å². The van der Waals surface area contributed by atoms with Gasteiger partial charge in [0, 0.05) is 12.7 Å². The fourth-order valence-electron chi connectivity index (χ4n) is 1.13. The average Bonchev–Trinajstić information content (AvgIpc) is 2.32. The molecule has 0 N–H and O–H groups in total. The fourth-order valence-corrected chi connectivity index (χ4v) is 1.13. The van der Waals surface area contributed by atoms with Gasteiger partial charge in [-0.05, 0) is 26.7 Å². The Hall–Kier alpha value is -1.36. The Morgan fingerprint density at radius 2 is 1.72 bits per heavy atom. The summed E-state index contributed by atoms with van der Waals surface area (Å²) in [6.07, 6.45) is 1.32. The summed E-state index contributed by atoms with van der Waals surface area (Å²) in [5.41, 5.74) is 0.384. The molecule has 0 saturated heterocycles. The zero-order valence-electron chi connectivity index (χ0n) is 11.4. The van der Waals surface area contributed by atoms with Crippen molar-refractivity contribution in [2.24, 2.45) is 5.92 Å². The third-order valence-corrected chi connectivity index (χ3v) is 2.18. The van der Waals surface area contributed by atoms with Crippen molar-refractivity contribution in [1.82, 2.24) is 0 Å². The maximum absolute atomic E-state index is 11.4. The van der Waals surface area contributed by atoms with Crippen LogP contribution in [0.5, 0.6) is 0 Å². The van der Waals surface area contributed by atoms with Crippen molar-refractivity contribution in [3.63, 3.8) is 0 Å². The van der Waals surface area contributed by atoms with Gasteiger partial charge < -0.3 is 14.2 Å². The first kappa shape index (κ1) is 16.6. The number of ether oxygens (including phenoxy) is 3. The number of carbonyl (C=O) groups excluding carboxylic acids is 2. The molecule has 18 heavy (non-hydrogen) atoms. The van der Waals surface area contributed by atoms with Gasteiger partial charge in [-0.3, -0.25) is 4.79 Å². The smallest absolute Gasteiger partial charge is 0.333 e. The van der Waals surface area contributed by atoms with Crippen LogP contribution in [-0.4, -0.2) is 38.9 Å². The molecule has 0 aromatic rings. The molecule has 0 heterocycles. The standard InChI is InChI=1S/C13H22O5/c1-10(2)12(14)17-7-5-6-8-18-13(15)11(3)9-16-4/h11H,1,5-9H2,2-4H3. The number of esters is 2. The van der Waals surface area contributed by atoms with Crippen molar-refractivity contribution in [2.45, 2.75) is 26.7 Å². The highest BCUT2D eigenvalue weighted by Crippen LogP contribution is 2.01. The van der Waals surface area contributed by atoms with Crippen LogP contribution in [0.15, 0.2) is 12.2 Å². The Bertz CT molecular complexity index is 285. The van der Waals surface area contributed by atoms with Gasteiger partial charge in [-0.15, -0.1) is 0 Å². The summed E-state index contributed by atoms with van der Waals surface area (Å²) in [6, 6.07) is 0. The highest BCUT2D eigenvalue weighted by Gasteiger charge is 2.13. The molecular formula is C13H22O5. The van der Waals surface area contributed by atoms with Crippen molar-refractivity contribution in [1.29, 1.82) is 0 Å². The summed E-state index contributed by atoms with van der Waals surface area (Å²) in [5, 5.41) is 0. The molecule has 0 fully saturated rings. The van der Waals surface area contributed by atoms with Gasteiger partial charge in [0.05, 0.1) is 25.7 Å². The number of carbonyl (C=O) groups is 2. The Morgan fingerprint density at radius 1 is 1.17 bits per heavy atom. The molecule has 0 radical (unpaired) electrons. The summed E-state index contributed by atoms with van der Waals surface area (Å²) < 4.78 is 14.8. The van der Waals surface area contributed by atoms with E-state index >= 15 is 0 Å². The van der Waals surface area contributed by atoms with Gasteiger partial charge in [0.2, 0.25) is 0 Å². The zero-order chi connectivity index (χ0) is 14.0. The molecule has 5 nitrogen and oxygen atoms in total. The largest absolute Gasteiger partial charge is 0.465 e. The molecule has 0 saturated carbocycles. The third-order valence-electron chi connectivity index (χ3n) is 2.18. The second-order valence-electron chi connectivity index (χ2n) is 4.15. The predicted molar refractivity (Wildman–Crippen MR) is 67.0 cm³/mol. The quantitative estimate of drug-likeness (QED) is 0.358.